The Balaban J connectivity index is 1.47. The highest BCUT2D eigenvalue weighted by Gasteiger charge is 2.42. The van der Waals surface area contributed by atoms with Gasteiger partial charge in [0.1, 0.15) is 0 Å². The number of benzene rings is 2. The van der Waals surface area contributed by atoms with Gasteiger partial charge in [-0.25, -0.2) is 0 Å². The molecule has 0 aromatic heterocycles. The van der Waals surface area contributed by atoms with Crippen LogP contribution in [0.5, 0.6) is 23.0 Å². The number of carbonyl (C=O) groups excluding carboxylic acids is 4. The Labute approximate surface area is 209 Å². The molecular weight excluding hydrogens is 464 g/mol. The Bertz CT molecular complexity index is 1090. The van der Waals surface area contributed by atoms with E-state index in [1.165, 1.54) is 27.7 Å². The van der Waals surface area contributed by atoms with Gasteiger partial charge in [-0.1, -0.05) is 12.1 Å². The van der Waals surface area contributed by atoms with Gasteiger partial charge in [0, 0.05) is 27.7 Å². The molecule has 2 fully saturated rings. The molecule has 0 amide bonds. The first-order valence-corrected chi connectivity index (χ1v) is 12.1. The van der Waals surface area contributed by atoms with Gasteiger partial charge < -0.3 is 18.9 Å². The van der Waals surface area contributed by atoms with Crippen molar-refractivity contribution in [2.24, 2.45) is 11.8 Å². The minimum Gasteiger partial charge on any atom is -0.423 e. The largest absolute Gasteiger partial charge is 0.423 e. The van der Waals surface area contributed by atoms with Crippen LogP contribution in [0.25, 0.3) is 0 Å². The first kappa shape index (κ1) is 25.4. The fourth-order valence-electron chi connectivity index (χ4n) is 5.67. The quantitative estimate of drug-likeness (QED) is 0.405. The number of hydrogen-bond donors (Lipinski definition) is 0. The molecule has 2 aromatic rings. The van der Waals surface area contributed by atoms with E-state index in [4.69, 9.17) is 18.9 Å². The van der Waals surface area contributed by atoms with E-state index in [9.17, 15) is 19.2 Å². The van der Waals surface area contributed by atoms with E-state index in [2.05, 4.69) is 0 Å². The molecule has 0 unspecified atom stereocenters. The molecule has 8 heteroatoms. The zero-order chi connectivity index (χ0) is 26.0. The van der Waals surface area contributed by atoms with Crippen molar-refractivity contribution >= 4 is 23.9 Å². The van der Waals surface area contributed by atoms with E-state index < -0.39 is 23.9 Å². The minimum absolute atomic E-state index is 0.237. The predicted octanol–water partition coefficient (Wildman–Crippen LogP) is 5.08. The molecule has 2 saturated carbocycles. The third kappa shape index (κ3) is 5.93. The van der Waals surface area contributed by atoms with Gasteiger partial charge in [0.25, 0.3) is 0 Å². The van der Waals surface area contributed by atoms with E-state index in [1.807, 2.05) is 24.3 Å². The second kappa shape index (κ2) is 10.5. The Kier molecular flexibility index (Phi) is 7.43. The number of esters is 4. The van der Waals surface area contributed by atoms with Crippen LogP contribution in [0.4, 0.5) is 0 Å². The van der Waals surface area contributed by atoms with E-state index in [0.29, 0.717) is 23.7 Å². The first-order valence-electron chi connectivity index (χ1n) is 12.1. The molecule has 0 aliphatic heterocycles. The minimum atomic E-state index is -0.477. The van der Waals surface area contributed by atoms with Crippen LogP contribution in [0.15, 0.2) is 36.4 Å². The maximum absolute atomic E-state index is 11.6. The number of ether oxygens (including phenoxy) is 4. The molecule has 0 spiro atoms. The Morgan fingerprint density at radius 2 is 0.833 bits per heavy atom. The van der Waals surface area contributed by atoms with Crippen molar-refractivity contribution < 1.29 is 38.1 Å². The molecule has 4 rings (SSSR count). The predicted molar refractivity (Wildman–Crippen MR) is 129 cm³/mol. The summed E-state index contributed by atoms with van der Waals surface area (Å²) < 4.78 is 21.0. The molecule has 0 bridgehead atoms. The lowest BCUT2D eigenvalue weighted by Gasteiger charge is -2.18. The number of fused-ring (bicyclic) bond motifs is 1. The highest BCUT2D eigenvalue weighted by molar-refractivity contribution is 5.74. The van der Waals surface area contributed by atoms with Gasteiger partial charge in [0.05, 0.1) is 0 Å². The highest BCUT2D eigenvalue weighted by Crippen LogP contribution is 2.56. The summed E-state index contributed by atoms with van der Waals surface area (Å²) in [4.78, 5) is 45.9. The molecular formula is C28H30O8. The first-order chi connectivity index (χ1) is 17.1. The van der Waals surface area contributed by atoms with Gasteiger partial charge in [-0.15, -0.1) is 0 Å². The summed E-state index contributed by atoms with van der Waals surface area (Å²) in [5.41, 5.74) is 2.13. The third-order valence-electron chi connectivity index (χ3n) is 6.91. The van der Waals surface area contributed by atoms with E-state index >= 15 is 0 Å². The molecule has 0 N–H and O–H groups in total. The van der Waals surface area contributed by atoms with Crippen molar-refractivity contribution in [1.82, 2.24) is 0 Å². The lowest BCUT2D eigenvalue weighted by molar-refractivity contribution is -0.134. The highest BCUT2D eigenvalue weighted by atomic mass is 16.6. The summed E-state index contributed by atoms with van der Waals surface area (Å²) in [5, 5.41) is 0. The third-order valence-corrected chi connectivity index (χ3v) is 6.91. The topological polar surface area (TPSA) is 105 Å². The molecule has 36 heavy (non-hydrogen) atoms. The van der Waals surface area contributed by atoms with Crippen LogP contribution >= 0.6 is 0 Å². The second-order valence-electron chi connectivity index (χ2n) is 9.64. The van der Waals surface area contributed by atoms with Crippen molar-refractivity contribution in [3.8, 4) is 23.0 Å². The smallest absolute Gasteiger partial charge is 0.308 e. The van der Waals surface area contributed by atoms with E-state index in [-0.39, 0.29) is 23.0 Å². The molecule has 0 atom stereocenters. The summed E-state index contributed by atoms with van der Waals surface area (Å²) in [5.74, 6) is 0.818. The van der Waals surface area contributed by atoms with Crippen molar-refractivity contribution in [2.45, 2.75) is 65.2 Å². The van der Waals surface area contributed by atoms with E-state index in [1.54, 1.807) is 12.1 Å². The van der Waals surface area contributed by atoms with Crippen molar-refractivity contribution in [1.29, 1.82) is 0 Å². The Morgan fingerprint density at radius 3 is 1.14 bits per heavy atom. The summed E-state index contributed by atoms with van der Waals surface area (Å²) in [7, 11) is 0. The monoisotopic (exact) mass is 494 g/mol. The van der Waals surface area contributed by atoms with E-state index in [0.717, 1.165) is 36.8 Å². The average Bonchev–Trinajstić information content (AvgIpc) is 3.34. The Hall–Kier alpha value is -3.68. The Morgan fingerprint density at radius 1 is 0.528 bits per heavy atom. The molecule has 190 valence electrons. The van der Waals surface area contributed by atoms with Gasteiger partial charge in [0.2, 0.25) is 0 Å². The zero-order valence-corrected chi connectivity index (χ0v) is 20.9. The lowest BCUT2D eigenvalue weighted by Crippen LogP contribution is -2.08. The fraction of sp³-hybridized carbons (Fsp3) is 0.429. The van der Waals surface area contributed by atoms with Crippen LogP contribution in [0.3, 0.4) is 0 Å². The molecule has 2 aromatic carbocycles. The number of hydrogen-bond acceptors (Lipinski definition) is 8. The van der Waals surface area contributed by atoms with Crippen LogP contribution in [-0.4, -0.2) is 23.9 Å². The van der Waals surface area contributed by atoms with Crippen LogP contribution in [0.2, 0.25) is 0 Å². The standard InChI is InChI=1S/C28H30O8/c1-15(29)33-25-7-5-19(13-27(25)35-17(3)31)21-9-23-11-22(12-24(23)10-21)20-6-8-26(34-16(2)30)28(14-20)36-18(4)32/h5-8,13-14,21-24H,9-12H2,1-4H3. The summed E-state index contributed by atoms with van der Waals surface area (Å²) in [6.45, 7) is 5.24. The number of carbonyl (C=O) groups is 4. The van der Waals surface area contributed by atoms with Crippen molar-refractivity contribution in [3.05, 3.63) is 47.5 Å². The van der Waals surface area contributed by atoms with Crippen LogP contribution < -0.4 is 18.9 Å². The van der Waals surface area contributed by atoms with Gasteiger partial charge in [-0.2, -0.15) is 0 Å². The SMILES string of the molecule is CC(=O)Oc1ccc(C2CC3CC(c4ccc(OC(C)=O)c(OC(C)=O)c4)CC3C2)cc1OC(C)=O. The molecule has 2 aliphatic carbocycles. The molecule has 0 heterocycles. The van der Waals surface area contributed by atoms with Gasteiger partial charge in [-0.3, -0.25) is 19.2 Å². The van der Waals surface area contributed by atoms with Crippen molar-refractivity contribution in [2.75, 3.05) is 0 Å². The van der Waals surface area contributed by atoms with Crippen LogP contribution in [0, 0.1) is 11.8 Å². The van der Waals surface area contributed by atoms with Gasteiger partial charge >= 0.3 is 23.9 Å². The lowest BCUT2D eigenvalue weighted by atomic mass is 9.89. The summed E-state index contributed by atoms with van der Waals surface area (Å²) in [6.07, 6.45) is 4.04. The zero-order valence-electron chi connectivity index (χ0n) is 20.9. The normalized spacial score (nSPS) is 22.4. The summed E-state index contributed by atoms with van der Waals surface area (Å²) >= 11 is 0. The molecule has 8 nitrogen and oxygen atoms in total. The van der Waals surface area contributed by atoms with Crippen LogP contribution in [0.1, 0.15) is 76.3 Å². The van der Waals surface area contributed by atoms with Gasteiger partial charge in [-0.05, 0) is 84.7 Å². The van der Waals surface area contributed by atoms with Crippen LogP contribution in [-0.2, 0) is 19.2 Å². The maximum atomic E-state index is 11.6. The average molecular weight is 495 g/mol. The van der Waals surface area contributed by atoms with Crippen molar-refractivity contribution in [3.63, 3.8) is 0 Å². The summed E-state index contributed by atoms with van der Waals surface area (Å²) in [6, 6.07) is 10.9. The number of rotatable bonds is 6. The molecule has 2 aliphatic rings. The maximum Gasteiger partial charge on any atom is 0.308 e. The fourth-order valence-corrected chi connectivity index (χ4v) is 5.67. The van der Waals surface area contributed by atoms with Gasteiger partial charge in [0.15, 0.2) is 23.0 Å². The molecule has 0 saturated heterocycles. The molecule has 0 radical (unpaired) electrons. The second-order valence-corrected chi connectivity index (χ2v) is 9.64.